The van der Waals surface area contributed by atoms with Gasteiger partial charge in [-0.05, 0) is 37.3 Å². The van der Waals surface area contributed by atoms with Gasteiger partial charge in [0.15, 0.2) is 6.10 Å². The van der Waals surface area contributed by atoms with Gasteiger partial charge in [-0.2, -0.15) is 0 Å². The van der Waals surface area contributed by atoms with E-state index in [1.54, 1.807) is 36.4 Å². The van der Waals surface area contributed by atoms with Gasteiger partial charge in [0.05, 0.1) is 0 Å². The summed E-state index contributed by atoms with van der Waals surface area (Å²) < 4.78 is 6.23. The molecular formula is C16H15ClN2O4. The van der Waals surface area contributed by atoms with Gasteiger partial charge in [0.2, 0.25) is 0 Å². The number of carbonyl (C=O) groups excluding carboxylic acids is 2. The highest BCUT2D eigenvalue weighted by molar-refractivity contribution is 6.30. The molecule has 0 aliphatic heterocycles. The van der Waals surface area contributed by atoms with Crippen LogP contribution in [0.3, 0.4) is 0 Å². The molecule has 1 heterocycles. The summed E-state index contributed by atoms with van der Waals surface area (Å²) >= 11 is 5.76. The summed E-state index contributed by atoms with van der Waals surface area (Å²) in [4.78, 5) is 35.3. The zero-order valence-electron chi connectivity index (χ0n) is 12.4. The molecule has 23 heavy (non-hydrogen) atoms. The second-order valence-corrected chi connectivity index (χ2v) is 5.23. The van der Waals surface area contributed by atoms with Crippen LogP contribution >= 0.6 is 11.6 Å². The van der Waals surface area contributed by atoms with Crippen molar-refractivity contribution in [3.8, 4) is 0 Å². The Morgan fingerprint density at radius 3 is 2.57 bits per heavy atom. The number of nitrogens with one attached hydrogen (secondary N) is 1. The van der Waals surface area contributed by atoms with Crippen molar-refractivity contribution in [2.24, 2.45) is 0 Å². The van der Waals surface area contributed by atoms with Gasteiger partial charge in [0.1, 0.15) is 6.54 Å². The topological polar surface area (TPSA) is 77.4 Å². The van der Waals surface area contributed by atoms with E-state index in [0.717, 1.165) is 0 Å². The van der Waals surface area contributed by atoms with E-state index in [1.807, 2.05) is 0 Å². The van der Waals surface area contributed by atoms with Gasteiger partial charge < -0.3 is 14.6 Å². The largest absolute Gasteiger partial charge is 0.451 e. The van der Waals surface area contributed by atoms with E-state index < -0.39 is 18.0 Å². The number of hydrogen-bond donors (Lipinski definition) is 1. The quantitative estimate of drug-likeness (QED) is 0.849. The number of anilines is 1. The summed E-state index contributed by atoms with van der Waals surface area (Å²) in [5, 5.41) is 3.16. The van der Waals surface area contributed by atoms with Gasteiger partial charge in [0.25, 0.3) is 11.5 Å². The predicted molar refractivity (Wildman–Crippen MR) is 86.3 cm³/mol. The van der Waals surface area contributed by atoms with Gasteiger partial charge in [-0.15, -0.1) is 0 Å². The molecule has 1 atom stereocenters. The average molecular weight is 335 g/mol. The lowest BCUT2D eigenvalue weighted by atomic mass is 10.3. The standard InChI is InChI=1S/C16H15ClN2O4/c1-11(16(22)18-13-7-5-12(17)6-8-13)23-15(21)10-19-9-3-2-4-14(19)20/h2-9,11H,10H2,1H3,(H,18,22)/t11-/m0/s1. The molecule has 0 spiro atoms. The highest BCUT2D eigenvalue weighted by Gasteiger charge is 2.18. The number of aromatic nitrogens is 1. The van der Waals surface area contributed by atoms with Crippen LogP contribution in [0, 0.1) is 0 Å². The smallest absolute Gasteiger partial charge is 0.326 e. The molecule has 0 aliphatic rings. The van der Waals surface area contributed by atoms with Crippen molar-refractivity contribution < 1.29 is 14.3 Å². The lowest BCUT2D eigenvalue weighted by Crippen LogP contribution is -2.32. The Kier molecular flexibility index (Phi) is 5.54. The molecule has 120 valence electrons. The Labute approximate surface area is 137 Å². The highest BCUT2D eigenvalue weighted by atomic mass is 35.5. The van der Waals surface area contributed by atoms with E-state index in [-0.39, 0.29) is 12.1 Å². The van der Waals surface area contributed by atoms with Gasteiger partial charge in [0, 0.05) is 23.0 Å². The number of pyridine rings is 1. The number of rotatable bonds is 5. The van der Waals surface area contributed by atoms with Crippen LogP contribution < -0.4 is 10.9 Å². The van der Waals surface area contributed by atoms with Crippen LogP contribution in [0.25, 0.3) is 0 Å². The van der Waals surface area contributed by atoms with Crippen molar-refractivity contribution in [1.82, 2.24) is 4.57 Å². The van der Waals surface area contributed by atoms with Crippen LogP contribution in [0.15, 0.2) is 53.5 Å². The van der Waals surface area contributed by atoms with Crippen molar-refractivity contribution >= 4 is 29.2 Å². The van der Waals surface area contributed by atoms with E-state index in [1.165, 1.54) is 23.8 Å². The highest BCUT2D eigenvalue weighted by Crippen LogP contribution is 2.13. The molecule has 0 bridgehead atoms. The summed E-state index contributed by atoms with van der Waals surface area (Å²) in [6.45, 7) is 1.20. The maximum absolute atomic E-state index is 12.0. The summed E-state index contributed by atoms with van der Waals surface area (Å²) in [7, 11) is 0. The third-order valence-corrected chi connectivity index (χ3v) is 3.24. The first-order valence-electron chi connectivity index (χ1n) is 6.87. The van der Waals surface area contributed by atoms with E-state index in [0.29, 0.717) is 10.7 Å². The number of halogens is 1. The van der Waals surface area contributed by atoms with E-state index >= 15 is 0 Å². The molecule has 1 aromatic carbocycles. The normalized spacial score (nSPS) is 11.6. The minimum Gasteiger partial charge on any atom is -0.451 e. The Bertz CT molecular complexity index is 755. The molecule has 0 fully saturated rings. The Morgan fingerprint density at radius 1 is 1.22 bits per heavy atom. The fourth-order valence-electron chi connectivity index (χ4n) is 1.80. The van der Waals surface area contributed by atoms with Crippen molar-refractivity contribution in [3.63, 3.8) is 0 Å². The average Bonchev–Trinajstić information content (AvgIpc) is 2.51. The van der Waals surface area contributed by atoms with Crippen LogP contribution in [0.1, 0.15) is 6.92 Å². The van der Waals surface area contributed by atoms with Gasteiger partial charge >= 0.3 is 5.97 Å². The van der Waals surface area contributed by atoms with Crippen molar-refractivity contribution in [1.29, 1.82) is 0 Å². The molecule has 0 unspecified atom stereocenters. The molecule has 2 rings (SSSR count). The minimum absolute atomic E-state index is 0.252. The molecule has 0 aliphatic carbocycles. The molecule has 0 saturated heterocycles. The second-order valence-electron chi connectivity index (χ2n) is 4.80. The molecule has 1 aromatic heterocycles. The molecule has 0 saturated carbocycles. The summed E-state index contributed by atoms with van der Waals surface area (Å²) in [6.07, 6.45) is 0.486. The Hall–Kier alpha value is -2.60. The minimum atomic E-state index is -0.988. The molecular weight excluding hydrogens is 320 g/mol. The molecule has 6 nitrogen and oxygen atoms in total. The zero-order chi connectivity index (χ0) is 16.8. The van der Waals surface area contributed by atoms with Crippen LogP contribution in [0.2, 0.25) is 5.02 Å². The first-order chi connectivity index (χ1) is 11.0. The van der Waals surface area contributed by atoms with Crippen LogP contribution in [-0.4, -0.2) is 22.5 Å². The monoisotopic (exact) mass is 334 g/mol. The Morgan fingerprint density at radius 2 is 1.91 bits per heavy atom. The van der Waals surface area contributed by atoms with Crippen LogP contribution in [0.4, 0.5) is 5.69 Å². The van der Waals surface area contributed by atoms with Gasteiger partial charge in [-0.1, -0.05) is 17.7 Å². The van der Waals surface area contributed by atoms with Crippen LogP contribution in [-0.2, 0) is 20.9 Å². The SMILES string of the molecule is C[C@H](OC(=O)Cn1ccccc1=O)C(=O)Nc1ccc(Cl)cc1. The van der Waals surface area contributed by atoms with E-state index in [4.69, 9.17) is 16.3 Å². The number of benzene rings is 1. The number of ether oxygens (including phenoxy) is 1. The summed E-state index contributed by atoms with van der Waals surface area (Å²) in [5.41, 5.74) is 0.226. The van der Waals surface area contributed by atoms with Crippen LogP contribution in [0.5, 0.6) is 0 Å². The predicted octanol–water partition coefficient (Wildman–Crippen LogP) is 2.07. The van der Waals surface area contributed by atoms with E-state index in [2.05, 4.69) is 5.32 Å². The Balaban J connectivity index is 1.90. The van der Waals surface area contributed by atoms with Crippen molar-refractivity contribution in [3.05, 3.63) is 64.0 Å². The fraction of sp³-hybridized carbons (Fsp3) is 0.188. The number of carbonyl (C=O) groups is 2. The maximum Gasteiger partial charge on any atom is 0.326 e. The number of nitrogens with zero attached hydrogens (tertiary/aromatic N) is 1. The molecule has 0 radical (unpaired) electrons. The van der Waals surface area contributed by atoms with E-state index in [9.17, 15) is 14.4 Å². The third-order valence-electron chi connectivity index (χ3n) is 2.99. The first kappa shape index (κ1) is 16.8. The molecule has 7 heteroatoms. The molecule has 2 aromatic rings. The van der Waals surface area contributed by atoms with Gasteiger partial charge in [-0.25, -0.2) is 0 Å². The van der Waals surface area contributed by atoms with Crippen molar-refractivity contribution in [2.75, 3.05) is 5.32 Å². The lowest BCUT2D eigenvalue weighted by Gasteiger charge is -2.14. The number of hydrogen-bond acceptors (Lipinski definition) is 4. The molecule has 1 amide bonds. The lowest BCUT2D eigenvalue weighted by molar-refractivity contribution is -0.153. The summed E-state index contributed by atoms with van der Waals surface area (Å²) in [6, 6.07) is 11.1. The maximum atomic E-state index is 12.0. The fourth-order valence-corrected chi connectivity index (χ4v) is 1.92. The first-order valence-corrected chi connectivity index (χ1v) is 7.25. The number of amides is 1. The van der Waals surface area contributed by atoms with Crippen molar-refractivity contribution in [2.45, 2.75) is 19.6 Å². The summed E-state index contributed by atoms with van der Waals surface area (Å²) in [5.74, 6) is -1.14. The zero-order valence-corrected chi connectivity index (χ0v) is 13.1. The second kappa shape index (κ2) is 7.60. The third kappa shape index (κ3) is 4.96. The van der Waals surface area contributed by atoms with Gasteiger partial charge in [-0.3, -0.25) is 14.4 Å². The number of esters is 1. The molecule has 1 N–H and O–H groups in total.